The maximum atomic E-state index is 5.35. The van der Waals surface area contributed by atoms with Crippen LogP contribution in [0.4, 0.5) is 5.69 Å². The molecule has 0 bridgehead atoms. The van der Waals surface area contributed by atoms with Gasteiger partial charge in [0.25, 0.3) is 0 Å². The number of anilines is 1. The Kier molecular flexibility index (Phi) is 7.14. The molecule has 1 fully saturated rings. The zero-order chi connectivity index (χ0) is 23.2. The molecule has 2 heterocycles. The second-order valence-electron chi connectivity index (χ2n) is 8.55. The maximum absolute atomic E-state index is 5.35. The molecule has 8 heteroatoms. The lowest BCUT2D eigenvalue weighted by Gasteiger charge is -2.25. The van der Waals surface area contributed by atoms with Gasteiger partial charge in [-0.15, -0.1) is 10.2 Å². The van der Waals surface area contributed by atoms with Crippen LogP contribution in [0.25, 0.3) is 5.69 Å². The average molecular weight is 475 g/mol. The van der Waals surface area contributed by atoms with Crippen molar-refractivity contribution in [2.24, 2.45) is 0 Å². The second kappa shape index (κ2) is 10.8. The van der Waals surface area contributed by atoms with Gasteiger partial charge in [0.15, 0.2) is 11.0 Å². The number of aromatic nitrogens is 5. The number of hydrogen-bond donors (Lipinski definition) is 1. The summed E-state index contributed by atoms with van der Waals surface area (Å²) in [6, 6.07) is 18.9. The van der Waals surface area contributed by atoms with E-state index in [-0.39, 0.29) is 0 Å². The van der Waals surface area contributed by atoms with Gasteiger partial charge in [-0.25, -0.2) is 4.68 Å². The molecule has 176 valence electrons. The van der Waals surface area contributed by atoms with Crippen molar-refractivity contribution in [3.63, 3.8) is 0 Å². The molecule has 1 saturated carbocycles. The molecular formula is C26H30N6OS. The van der Waals surface area contributed by atoms with Gasteiger partial charge in [0.1, 0.15) is 5.75 Å². The summed E-state index contributed by atoms with van der Waals surface area (Å²) in [6.45, 7) is 0.635. The Hall–Kier alpha value is -3.26. The maximum Gasteiger partial charge on any atom is 0.191 e. The minimum Gasteiger partial charge on any atom is -0.497 e. The smallest absolute Gasteiger partial charge is 0.191 e. The largest absolute Gasteiger partial charge is 0.497 e. The van der Waals surface area contributed by atoms with E-state index in [9.17, 15) is 0 Å². The third kappa shape index (κ3) is 5.28. The highest BCUT2D eigenvalue weighted by atomic mass is 32.2. The van der Waals surface area contributed by atoms with Gasteiger partial charge in [0.2, 0.25) is 0 Å². The van der Waals surface area contributed by atoms with Crippen molar-refractivity contribution in [2.75, 3.05) is 12.4 Å². The van der Waals surface area contributed by atoms with Gasteiger partial charge in [-0.05, 0) is 48.7 Å². The third-order valence-electron chi connectivity index (χ3n) is 6.27. The fraction of sp³-hybridized carbons (Fsp3) is 0.346. The molecule has 1 N–H and O–H groups in total. The predicted molar refractivity (Wildman–Crippen MR) is 136 cm³/mol. The monoisotopic (exact) mass is 474 g/mol. The Morgan fingerprint density at radius 2 is 1.88 bits per heavy atom. The first-order chi connectivity index (χ1) is 16.8. The summed E-state index contributed by atoms with van der Waals surface area (Å²) in [5.74, 6) is 2.69. The van der Waals surface area contributed by atoms with Crippen LogP contribution in [0.2, 0.25) is 0 Å². The molecule has 4 aromatic rings. The number of nitrogens with zero attached hydrogens (tertiary/aromatic N) is 5. The number of thioether (sulfide) groups is 1. The molecule has 5 rings (SSSR count). The summed E-state index contributed by atoms with van der Waals surface area (Å²) in [7, 11) is 1.69. The van der Waals surface area contributed by atoms with Crippen LogP contribution in [0, 0.1) is 0 Å². The summed E-state index contributed by atoms with van der Waals surface area (Å²) in [5.41, 5.74) is 3.34. The van der Waals surface area contributed by atoms with Gasteiger partial charge in [-0.2, -0.15) is 5.10 Å². The lowest BCUT2D eigenvalue weighted by molar-refractivity contribution is 0.330. The fourth-order valence-electron chi connectivity index (χ4n) is 4.46. The number of nitrogens with one attached hydrogen (secondary N) is 1. The number of hydrogen-bond acceptors (Lipinski definition) is 6. The third-order valence-corrected chi connectivity index (χ3v) is 7.28. The highest BCUT2D eigenvalue weighted by Gasteiger charge is 2.23. The van der Waals surface area contributed by atoms with Gasteiger partial charge in [0, 0.05) is 35.9 Å². The normalized spacial score (nSPS) is 14.3. The molecule has 0 saturated heterocycles. The van der Waals surface area contributed by atoms with Crippen molar-refractivity contribution in [3.8, 4) is 11.4 Å². The van der Waals surface area contributed by atoms with E-state index >= 15 is 0 Å². The molecule has 2 aromatic carbocycles. The van der Waals surface area contributed by atoms with Crippen LogP contribution in [0.15, 0.2) is 72.1 Å². The Bertz CT molecular complexity index is 1180. The van der Waals surface area contributed by atoms with Crippen molar-refractivity contribution in [2.45, 2.75) is 55.6 Å². The van der Waals surface area contributed by atoms with Crippen molar-refractivity contribution < 1.29 is 4.74 Å². The van der Waals surface area contributed by atoms with Crippen LogP contribution < -0.4 is 10.1 Å². The van der Waals surface area contributed by atoms with Gasteiger partial charge in [-0.3, -0.25) is 0 Å². The SMILES string of the molecule is COc1cccc(NCc2nnc(SCc3ccc(-n4cccn4)cc3)n2C2CCCCC2)c1. The molecule has 0 atom stereocenters. The molecule has 0 amide bonds. The molecule has 0 radical (unpaired) electrons. The van der Waals surface area contributed by atoms with Crippen molar-refractivity contribution in [1.29, 1.82) is 0 Å². The molecule has 0 aliphatic heterocycles. The predicted octanol–water partition coefficient (Wildman–Crippen LogP) is 5.88. The molecule has 1 aliphatic rings. The zero-order valence-corrected chi connectivity index (χ0v) is 20.2. The first-order valence-electron chi connectivity index (χ1n) is 11.8. The second-order valence-corrected chi connectivity index (χ2v) is 9.49. The Morgan fingerprint density at radius 3 is 2.65 bits per heavy atom. The van der Waals surface area contributed by atoms with E-state index < -0.39 is 0 Å². The molecule has 1 aliphatic carbocycles. The number of benzene rings is 2. The van der Waals surface area contributed by atoms with Crippen LogP contribution in [-0.4, -0.2) is 31.7 Å². The van der Waals surface area contributed by atoms with Gasteiger partial charge >= 0.3 is 0 Å². The van der Waals surface area contributed by atoms with Gasteiger partial charge in [-0.1, -0.05) is 49.2 Å². The van der Waals surface area contributed by atoms with E-state index in [1.165, 1.54) is 37.7 Å². The van der Waals surface area contributed by atoms with Crippen molar-refractivity contribution >= 4 is 17.4 Å². The van der Waals surface area contributed by atoms with Gasteiger partial charge < -0.3 is 14.6 Å². The quantitative estimate of drug-likeness (QED) is 0.305. The standard InChI is InChI=1S/C26H30N6OS/c1-33-24-10-5-7-21(17-24)27-18-25-29-30-26(32(25)23-8-3-2-4-9-23)34-19-20-11-13-22(14-12-20)31-16-6-15-28-31/h5-7,10-17,23,27H,2-4,8-9,18-19H2,1H3. The van der Waals surface area contributed by atoms with Gasteiger partial charge in [0.05, 0.1) is 19.3 Å². The van der Waals surface area contributed by atoms with Crippen LogP contribution >= 0.6 is 11.8 Å². The average Bonchev–Trinajstić information content (AvgIpc) is 3.58. The summed E-state index contributed by atoms with van der Waals surface area (Å²) < 4.78 is 9.61. The van der Waals surface area contributed by atoms with E-state index in [2.05, 4.69) is 49.4 Å². The first kappa shape index (κ1) is 22.5. The summed E-state index contributed by atoms with van der Waals surface area (Å²) in [5, 5.41) is 18.0. The fourth-order valence-corrected chi connectivity index (χ4v) is 5.44. The Labute approximate surface area is 204 Å². The van der Waals surface area contributed by atoms with E-state index in [1.54, 1.807) is 25.1 Å². The van der Waals surface area contributed by atoms with Crippen LogP contribution in [0.5, 0.6) is 5.75 Å². The number of ether oxygens (including phenoxy) is 1. The van der Waals surface area contributed by atoms with E-state index in [0.717, 1.165) is 33.9 Å². The summed E-state index contributed by atoms with van der Waals surface area (Å²) >= 11 is 1.76. The topological polar surface area (TPSA) is 69.8 Å². The molecule has 34 heavy (non-hydrogen) atoms. The summed E-state index contributed by atoms with van der Waals surface area (Å²) in [6.07, 6.45) is 9.99. The van der Waals surface area contributed by atoms with E-state index in [4.69, 9.17) is 4.74 Å². The first-order valence-corrected chi connectivity index (χ1v) is 12.8. The molecule has 0 unspecified atom stereocenters. The molecular weight excluding hydrogens is 444 g/mol. The van der Waals surface area contributed by atoms with E-state index in [0.29, 0.717) is 12.6 Å². The van der Waals surface area contributed by atoms with Crippen molar-refractivity contribution in [3.05, 3.63) is 78.4 Å². The minimum absolute atomic E-state index is 0.468. The molecule has 7 nitrogen and oxygen atoms in total. The van der Waals surface area contributed by atoms with Crippen LogP contribution in [-0.2, 0) is 12.3 Å². The van der Waals surface area contributed by atoms with Crippen LogP contribution in [0.3, 0.4) is 0 Å². The summed E-state index contributed by atoms with van der Waals surface area (Å²) in [4.78, 5) is 0. The van der Waals surface area contributed by atoms with Crippen LogP contribution in [0.1, 0.15) is 49.5 Å². The Balaban J connectivity index is 1.30. The number of rotatable bonds is 9. The highest BCUT2D eigenvalue weighted by molar-refractivity contribution is 7.98. The van der Waals surface area contributed by atoms with Crippen molar-refractivity contribution in [1.82, 2.24) is 24.5 Å². The number of methoxy groups -OCH3 is 1. The lowest BCUT2D eigenvalue weighted by Crippen LogP contribution is -2.18. The zero-order valence-electron chi connectivity index (χ0n) is 19.4. The lowest BCUT2D eigenvalue weighted by atomic mass is 9.95. The minimum atomic E-state index is 0.468. The van der Waals surface area contributed by atoms with E-state index in [1.807, 2.05) is 41.2 Å². The molecule has 2 aromatic heterocycles. The molecule has 0 spiro atoms. The Morgan fingerprint density at radius 1 is 1.03 bits per heavy atom. The highest BCUT2D eigenvalue weighted by Crippen LogP contribution is 2.34.